The van der Waals surface area contributed by atoms with Gasteiger partial charge in [0.05, 0.1) is 0 Å². The molecule has 2 heteroatoms. The highest BCUT2D eigenvalue weighted by Gasteiger charge is 2.20. The van der Waals surface area contributed by atoms with Crippen LogP contribution in [0.25, 0.3) is 0 Å². The third kappa shape index (κ3) is 4.15. The Bertz CT molecular complexity index is 431. The van der Waals surface area contributed by atoms with Crippen LogP contribution in [0.1, 0.15) is 56.1 Å². The summed E-state index contributed by atoms with van der Waals surface area (Å²) in [6.07, 6.45) is 8.75. The number of Topliss-reactive ketones (excluding diaryl/α,β-unsaturated/α-hetero) is 1. The van der Waals surface area contributed by atoms with Gasteiger partial charge in [0.25, 0.3) is 0 Å². The predicted octanol–water partition coefficient (Wildman–Crippen LogP) is 4.61. The van der Waals surface area contributed by atoms with Gasteiger partial charge in [-0.05, 0) is 43.0 Å². The summed E-state index contributed by atoms with van der Waals surface area (Å²) in [5, 5.41) is 0. The van der Waals surface area contributed by atoms with E-state index in [1.165, 1.54) is 44.2 Å². The lowest BCUT2D eigenvalue weighted by molar-refractivity contribution is -0.122. The molecule has 2 rings (SSSR count). The fourth-order valence-electron chi connectivity index (χ4n) is 2.97. The lowest BCUT2D eigenvalue weighted by atomic mass is 9.85. The lowest BCUT2D eigenvalue weighted by Crippen LogP contribution is -2.18. The second-order valence-electron chi connectivity index (χ2n) is 5.76. The first kappa shape index (κ1) is 14.2. The van der Waals surface area contributed by atoms with Gasteiger partial charge in [-0.1, -0.05) is 38.2 Å². The lowest BCUT2D eigenvalue weighted by Gasteiger charge is -2.19. The molecule has 1 aliphatic carbocycles. The second-order valence-corrected chi connectivity index (χ2v) is 5.76. The zero-order valence-electron chi connectivity index (χ0n) is 11.8. The minimum atomic E-state index is -0.223. The van der Waals surface area contributed by atoms with Crippen LogP contribution in [0.2, 0.25) is 0 Å². The third-order valence-corrected chi connectivity index (χ3v) is 4.23. The van der Waals surface area contributed by atoms with E-state index in [1.54, 1.807) is 6.07 Å². The van der Waals surface area contributed by atoms with Crippen LogP contribution in [0.15, 0.2) is 18.2 Å². The van der Waals surface area contributed by atoms with Gasteiger partial charge in [0.1, 0.15) is 11.6 Å². The Morgan fingerprint density at radius 2 is 1.79 bits per heavy atom. The minimum absolute atomic E-state index is 0.223. The summed E-state index contributed by atoms with van der Waals surface area (Å²) in [7, 11) is 0. The molecule has 0 unspecified atom stereocenters. The van der Waals surface area contributed by atoms with Crippen LogP contribution >= 0.6 is 0 Å². The largest absolute Gasteiger partial charge is 0.299 e. The molecule has 1 fully saturated rings. The van der Waals surface area contributed by atoms with Gasteiger partial charge in [0.2, 0.25) is 0 Å². The molecule has 1 nitrogen and oxygen atoms in total. The summed E-state index contributed by atoms with van der Waals surface area (Å²) in [4.78, 5) is 12.4. The first-order valence-electron chi connectivity index (χ1n) is 7.44. The standard InChI is InChI=1S/C17H23FO/c1-13-11-16(18)10-9-15(13)12-17(19)14-7-5-3-2-4-6-8-14/h9-11,14H,2-8,12H2,1H3. The molecule has 104 valence electrons. The summed E-state index contributed by atoms with van der Waals surface area (Å²) in [6.45, 7) is 1.88. The van der Waals surface area contributed by atoms with Gasteiger partial charge in [-0.3, -0.25) is 4.79 Å². The van der Waals surface area contributed by atoms with E-state index in [0.29, 0.717) is 12.2 Å². The molecule has 0 atom stereocenters. The first-order chi connectivity index (χ1) is 9.16. The topological polar surface area (TPSA) is 17.1 Å². The van der Waals surface area contributed by atoms with Crippen molar-refractivity contribution in [1.29, 1.82) is 0 Å². The number of hydrogen-bond donors (Lipinski definition) is 0. The van der Waals surface area contributed by atoms with Crippen molar-refractivity contribution in [1.82, 2.24) is 0 Å². The van der Waals surface area contributed by atoms with Gasteiger partial charge < -0.3 is 0 Å². The molecule has 1 aromatic carbocycles. The van der Waals surface area contributed by atoms with Gasteiger partial charge in [0, 0.05) is 12.3 Å². The Morgan fingerprint density at radius 3 is 2.42 bits per heavy atom. The predicted molar refractivity (Wildman–Crippen MR) is 75.7 cm³/mol. The summed E-state index contributed by atoms with van der Waals surface area (Å²) >= 11 is 0. The molecule has 1 aliphatic rings. The summed E-state index contributed by atoms with van der Waals surface area (Å²) in [5.74, 6) is 0.348. The zero-order valence-corrected chi connectivity index (χ0v) is 11.8. The minimum Gasteiger partial charge on any atom is -0.299 e. The van der Waals surface area contributed by atoms with Crippen molar-refractivity contribution in [2.75, 3.05) is 0 Å². The summed E-state index contributed by atoms with van der Waals surface area (Å²) in [5.41, 5.74) is 1.87. The van der Waals surface area contributed by atoms with Crippen LogP contribution in [0.3, 0.4) is 0 Å². The van der Waals surface area contributed by atoms with Crippen molar-refractivity contribution in [3.63, 3.8) is 0 Å². The van der Waals surface area contributed by atoms with E-state index in [9.17, 15) is 9.18 Å². The maximum atomic E-state index is 13.1. The molecule has 0 heterocycles. The van der Waals surface area contributed by atoms with Crippen LogP contribution in [0.5, 0.6) is 0 Å². The van der Waals surface area contributed by atoms with Crippen LogP contribution in [-0.2, 0) is 11.2 Å². The van der Waals surface area contributed by atoms with E-state index in [2.05, 4.69) is 0 Å². The fraction of sp³-hybridized carbons (Fsp3) is 0.588. The Balaban J connectivity index is 1.98. The van der Waals surface area contributed by atoms with E-state index < -0.39 is 0 Å². The summed E-state index contributed by atoms with van der Waals surface area (Å²) < 4.78 is 13.1. The van der Waals surface area contributed by atoms with Crippen molar-refractivity contribution < 1.29 is 9.18 Å². The normalized spacial score (nSPS) is 17.8. The molecule has 1 aromatic rings. The first-order valence-corrected chi connectivity index (χ1v) is 7.44. The van der Waals surface area contributed by atoms with Crippen LogP contribution < -0.4 is 0 Å². The van der Waals surface area contributed by atoms with Crippen molar-refractivity contribution in [3.05, 3.63) is 35.1 Å². The molecular weight excluding hydrogens is 239 g/mol. The molecule has 0 radical (unpaired) electrons. The average Bonchev–Trinajstić information content (AvgIpc) is 2.32. The van der Waals surface area contributed by atoms with E-state index in [1.807, 2.05) is 6.92 Å². The Morgan fingerprint density at radius 1 is 1.16 bits per heavy atom. The molecule has 0 amide bonds. The number of ketones is 1. The zero-order chi connectivity index (χ0) is 13.7. The van der Waals surface area contributed by atoms with Gasteiger partial charge >= 0.3 is 0 Å². The monoisotopic (exact) mass is 262 g/mol. The average molecular weight is 262 g/mol. The highest BCUT2D eigenvalue weighted by molar-refractivity contribution is 5.83. The van der Waals surface area contributed by atoms with Crippen LogP contribution in [-0.4, -0.2) is 5.78 Å². The van der Waals surface area contributed by atoms with E-state index in [4.69, 9.17) is 0 Å². The molecule has 1 saturated carbocycles. The van der Waals surface area contributed by atoms with Crippen molar-refractivity contribution in [2.24, 2.45) is 5.92 Å². The van der Waals surface area contributed by atoms with E-state index >= 15 is 0 Å². The van der Waals surface area contributed by atoms with Crippen molar-refractivity contribution in [3.8, 4) is 0 Å². The van der Waals surface area contributed by atoms with Gasteiger partial charge in [0.15, 0.2) is 0 Å². The highest BCUT2D eigenvalue weighted by atomic mass is 19.1. The van der Waals surface area contributed by atoms with Crippen LogP contribution in [0.4, 0.5) is 4.39 Å². The maximum absolute atomic E-state index is 13.1. The molecule has 0 aliphatic heterocycles. The third-order valence-electron chi connectivity index (χ3n) is 4.23. The smallest absolute Gasteiger partial charge is 0.140 e. The highest BCUT2D eigenvalue weighted by Crippen LogP contribution is 2.24. The maximum Gasteiger partial charge on any atom is 0.140 e. The number of rotatable bonds is 3. The molecular formula is C17H23FO. The molecule has 0 spiro atoms. The Kier molecular flexibility index (Phi) is 5.12. The molecule has 19 heavy (non-hydrogen) atoms. The molecule has 0 aromatic heterocycles. The number of halogens is 1. The molecule has 0 N–H and O–H groups in total. The van der Waals surface area contributed by atoms with Gasteiger partial charge in [-0.2, -0.15) is 0 Å². The summed E-state index contributed by atoms with van der Waals surface area (Å²) in [6, 6.07) is 4.72. The van der Waals surface area contributed by atoms with Gasteiger partial charge in [-0.15, -0.1) is 0 Å². The van der Waals surface area contributed by atoms with E-state index in [-0.39, 0.29) is 11.7 Å². The fourth-order valence-corrected chi connectivity index (χ4v) is 2.97. The van der Waals surface area contributed by atoms with Crippen LogP contribution in [0, 0.1) is 18.7 Å². The Labute approximate surface area is 115 Å². The van der Waals surface area contributed by atoms with E-state index in [0.717, 1.165) is 24.0 Å². The number of hydrogen-bond acceptors (Lipinski definition) is 1. The molecule has 0 saturated heterocycles. The second kappa shape index (κ2) is 6.83. The Hall–Kier alpha value is -1.18. The van der Waals surface area contributed by atoms with Crippen molar-refractivity contribution in [2.45, 2.75) is 58.3 Å². The quantitative estimate of drug-likeness (QED) is 0.777. The number of aryl methyl sites for hydroxylation is 1. The van der Waals surface area contributed by atoms with Crippen molar-refractivity contribution >= 4 is 5.78 Å². The number of carbonyl (C=O) groups excluding carboxylic acids is 1. The van der Waals surface area contributed by atoms with Gasteiger partial charge in [-0.25, -0.2) is 4.39 Å². The number of benzene rings is 1. The SMILES string of the molecule is Cc1cc(F)ccc1CC(=O)C1CCCCCCC1. The number of carbonyl (C=O) groups is 1. The molecule has 0 bridgehead atoms.